The van der Waals surface area contributed by atoms with E-state index in [-0.39, 0.29) is 29.1 Å². The number of piperazine rings is 1. The van der Waals surface area contributed by atoms with Crippen molar-refractivity contribution < 1.29 is 14.5 Å². The van der Waals surface area contributed by atoms with Gasteiger partial charge in [-0.15, -0.1) is 10.2 Å². The van der Waals surface area contributed by atoms with Crippen LogP contribution in [0.5, 0.6) is 0 Å². The first-order chi connectivity index (χ1) is 20.7. The van der Waals surface area contributed by atoms with Gasteiger partial charge in [-0.2, -0.15) is 0 Å². The lowest BCUT2D eigenvalue weighted by Crippen LogP contribution is -2.55. The zero-order chi connectivity index (χ0) is 30.5. The van der Waals surface area contributed by atoms with Crippen molar-refractivity contribution >= 4 is 29.3 Å². The van der Waals surface area contributed by atoms with Crippen molar-refractivity contribution in [3.05, 3.63) is 99.6 Å². The first-order valence-corrected chi connectivity index (χ1v) is 15.3. The summed E-state index contributed by atoms with van der Waals surface area (Å²) in [5.41, 5.74) is 3.85. The highest BCUT2D eigenvalue weighted by molar-refractivity contribution is 7.99. The average Bonchev–Trinajstić information content (AvgIpc) is 3.43. The molecule has 0 radical (unpaired) electrons. The highest BCUT2D eigenvalue weighted by atomic mass is 32.2. The van der Waals surface area contributed by atoms with Crippen LogP contribution in [-0.4, -0.2) is 72.7 Å². The van der Waals surface area contributed by atoms with Crippen LogP contribution in [0.2, 0.25) is 0 Å². The zero-order valence-corrected chi connectivity index (χ0v) is 25.3. The van der Waals surface area contributed by atoms with Crippen molar-refractivity contribution in [1.29, 1.82) is 0 Å². The predicted octanol–water partition coefficient (Wildman–Crippen LogP) is 5.70. The lowest BCUT2D eigenvalue weighted by molar-refractivity contribution is -0.385. The number of thioether (sulfide) groups is 1. The van der Waals surface area contributed by atoms with Crippen LogP contribution >= 0.6 is 11.8 Å². The van der Waals surface area contributed by atoms with Gasteiger partial charge in [0.15, 0.2) is 11.0 Å². The summed E-state index contributed by atoms with van der Waals surface area (Å²) in [7, 11) is 0. The van der Waals surface area contributed by atoms with Crippen molar-refractivity contribution in [2.75, 3.05) is 25.4 Å². The van der Waals surface area contributed by atoms with E-state index in [1.165, 1.54) is 11.6 Å². The Bertz CT molecular complexity index is 1620. The molecule has 1 fully saturated rings. The number of hydrogen-bond donors (Lipinski definition) is 0. The summed E-state index contributed by atoms with van der Waals surface area (Å²) in [6, 6.07) is 22.6. The standard InChI is InChI=1S/C32H34N6O4S/c1-22-11-15-27(16-12-22)37-30(25-8-5-4-6-9-25)33-34-32(37)43-19-7-10-29(39)35-17-18-36(24(3)21-35)31(40)26-14-13-23(2)28(20-26)38(41)42/h4-6,8-9,11-16,20,24H,7,10,17-19,21H2,1-3H3. The molecule has 3 aromatic carbocycles. The SMILES string of the molecule is Cc1ccc(-n2c(SCCCC(=O)N3CCN(C(=O)c4ccc(C)c([N+](=O)[O-])c4)C(C)C3)nnc2-c2ccccc2)cc1. The van der Waals surface area contributed by atoms with E-state index in [1.807, 2.05) is 37.3 Å². The summed E-state index contributed by atoms with van der Waals surface area (Å²) >= 11 is 1.57. The number of aryl methyl sites for hydroxylation is 2. The van der Waals surface area contributed by atoms with Gasteiger partial charge in [0.1, 0.15) is 0 Å². The number of aromatic nitrogens is 3. The van der Waals surface area contributed by atoms with Crippen molar-refractivity contribution in [1.82, 2.24) is 24.6 Å². The molecule has 11 heteroatoms. The zero-order valence-electron chi connectivity index (χ0n) is 24.5. The van der Waals surface area contributed by atoms with Gasteiger partial charge in [-0.05, 0) is 45.4 Å². The largest absolute Gasteiger partial charge is 0.339 e. The summed E-state index contributed by atoms with van der Waals surface area (Å²) in [6.45, 7) is 6.83. The molecule has 1 aromatic heterocycles. The highest BCUT2D eigenvalue weighted by Crippen LogP contribution is 2.29. The summed E-state index contributed by atoms with van der Waals surface area (Å²) in [5, 5.41) is 21.1. The highest BCUT2D eigenvalue weighted by Gasteiger charge is 2.31. The first-order valence-electron chi connectivity index (χ1n) is 14.3. The Morgan fingerprint density at radius 1 is 1.00 bits per heavy atom. The van der Waals surface area contributed by atoms with Crippen LogP contribution in [0.15, 0.2) is 78.0 Å². The molecule has 1 unspecified atom stereocenters. The van der Waals surface area contributed by atoms with E-state index < -0.39 is 4.92 Å². The minimum absolute atomic E-state index is 0.0514. The summed E-state index contributed by atoms with van der Waals surface area (Å²) in [5.74, 6) is 1.26. The van der Waals surface area contributed by atoms with Crippen molar-refractivity contribution in [2.45, 2.75) is 44.8 Å². The minimum Gasteiger partial charge on any atom is -0.339 e. The topological polar surface area (TPSA) is 114 Å². The Kier molecular flexibility index (Phi) is 9.20. The van der Waals surface area contributed by atoms with E-state index in [4.69, 9.17) is 0 Å². The molecule has 5 rings (SSSR count). The van der Waals surface area contributed by atoms with Crippen LogP contribution in [0.1, 0.15) is 41.3 Å². The molecule has 0 aliphatic carbocycles. The van der Waals surface area contributed by atoms with Crippen LogP contribution in [-0.2, 0) is 4.79 Å². The third-order valence-corrected chi connectivity index (χ3v) is 8.63. The maximum absolute atomic E-state index is 13.1. The molecular weight excluding hydrogens is 564 g/mol. The fraction of sp³-hybridized carbons (Fsp3) is 0.312. The molecule has 1 saturated heterocycles. The van der Waals surface area contributed by atoms with Gasteiger partial charge in [-0.1, -0.05) is 65.9 Å². The van der Waals surface area contributed by atoms with Crippen LogP contribution in [0.25, 0.3) is 17.1 Å². The van der Waals surface area contributed by atoms with Crippen LogP contribution in [0.3, 0.4) is 0 Å². The van der Waals surface area contributed by atoms with E-state index in [0.717, 1.165) is 22.2 Å². The Labute approximate surface area is 254 Å². The molecule has 222 valence electrons. The van der Waals surface area contributed by atoms with Gasteiger partial charge < -0.3 is 9.80 Å². The van der Waals surface area contributed by atoms with Gasteiger partial charge >= 0.3 is 0 Å². The number of rotatable bonds is 9. The normalized spacial score (nSPS) is 15.0. The van der Waals surface area contributed by atoms with E-state index in [2.05, 4.69) is 46.0 Å². The van der Waals surface area contributed by atoms with E-state index in [0.29, 0.717) is 43.8 Å². The Morgan fingerprint density at radius 2 is 1.74 bits per heavy atom. The number of amides is 2. The third kappa shape index (κ3) is 6.77. The number of carbonyl (C=O) groups is 2. The number of benzene rings is 3. The molecule has 10 nitrogen and oxygen atoms in total. The molecule has 43 heavy (non-hydrogen) atoms. The first kappa shape index (κ1) is 30.0. The quantitative estimate of drug-likeness (QED) is 0.105. The third-order valence-electron chi connectivity index (χ3n) is 7.62. The van der Waals surface area contributed by atoms with Crippen LogP contribution in [0, 0.1) is 24.0 Å². The average molecular weight is 599 g/mol. The maximum Gasteiger partial charge on any atom is 0.273 e. The maximum atomic E-state index is 13.1. The number of carbonyl (C=O) groups excluding carboxylic acids is 2. The lowest BCUT2D eigenvalue weighted by Gasteiger charge is -2.40. The van der Waals surface area contributed by atoms with Gasteiger partial charge in [0.2, 0.25) is 5.91 Å². The Balaban J connectivity index is 1.17. The van der Waals surface area contributed by atoms with Gasteiger partial charge in [-0.3, -0.25) is 24.3 Å². The summed E-state index contributed by atoms with van der Waals surface area (Å²) in [4.78, 5) is 40.6. The minimum atomic E-state index is -0.473. The van der Waals surface area contributed by atoms with E-state index in [9.17, 15) is 19.7 Å². The van der Waals surface area contributed by atoms with Crippen LogP contribution in [0.4, 0.5) is 5.69 Å². The fourth-order valence-electron chi connectivity index (χ4n) is 5.20. The van der Waals surface area contributed by atoms with E-state index in [1.54, 1.807) is 40.6 Å². The molecule has 4 aromatic rings. The molecule has 0 N–H and O–H groups in total. The molecule has 2 amide bonds. The van der Waals surface area contributed by atoms with Crippen molar-refractivity contribution in [2.24, 2.45) is 0 Å². The number of hydrogen-bond acceptors (Lipinski definition) is 7. The van der Waals surface area contributed by atoms with Gasteiger partial charge in [-0.25, -0.2) is 0 Å². The number of nitro groups is 1. The molecule has 1 aliphatic heterocycles. The molecule has 0 spiro atoms. The van der Waals surface area contributed by atoms with Gasteiger partial charge in [0.05, 0.1) is 4.92 Å². The van der Waals surface area contributed by atoms with E-state index >= 15 is 0 Å². The smallest absolute Gasteiger partial charge is 0.273 e. The fourth-order valence-corrected chi connectivity index (χ4v) is 6.09. The number of nitrogens with zero attached hydrogens (tertiary/aromatic N) is 6. The second-order valence-corrected chi connectivity index (χ2v) is 11.8. The molecule has 2 heterocycles. The van der Waals surface area contributed by atoms with Gasteiger partial charge in [0, 0.05) is 66.3 Å². The van der Waals surface area contributed by atoms with Crippen molar-refractivity contribution in [3.63, 3.8) is 0 Å². The molecule has 0 saturated carbocycles. The van der Waals surface area contributed by atoms with Crippen LogP contribution < -0.4 is 0 Å². The number of nitro benzene ring substituents is 1. The Hall–Kier alpha value is -4.51. The second-order valence-electron chi connectivity index (χ2n) is 10.7. The summed E-state index contributed by atoms with van der Waals surface area (Å²) in [6.07, 6.45) is 1.06. The Morgan fingerprint density at radius 3 is 2.44 bits per heavy atom. The monoisotopic (exact) mass is 598 g/mol. The van der Waals surface area contributed by atoms with Gasteiger partial charge in [0.25, 0.3) is 11.6 Å². The molecule has 1 atom stereocenters. The second kappa shape index (κ2) is 13.2. The molecule has 0 bridgehead atoms. The lowest BCUT2D eigenvalue weighted by atomic mass is 10.1. The van der Waals surface area contributed by atoms with Crippen molar-refractivity contribution in [3.8, 4) is 17.1 Å². The predicted molar refractivity (Wildman–Crippen MR) is 166 cm³/mol. The molecule has 1 aliphatic rings. The summed E-state index contributed by atoms with van der Waals surface area (Å²) < 4.78 is 2.06. The molecular formula is C32H34N6O4S.